The molecule has 4 rings (SSSR count). The summed E-state index contributed by atoms with van der Waals surface area (Å²) in [7, 11) is 0. The van der Waals surface area contributed by atoms with E-state index in [9.17, 15) is 13.6 Å². The molecule has 0 fully saturated rings. The summed E-state index contributed by atoms with van der Waals surface area (Å²) in [6, 6.07) is 22.0. The molecule has 158 valence electrons. The van der Waals surface area contributed by atoms with E-state index in [1.165, 1.54) is 12.1 Å². The van der Waals surface area contributed by atoms with Gasteiger partial charge in [-0.3, -0.25) is 4.79 Å². The Morgan fingerprint density at radius 2 is 1.71 bits per heavy atom. The highest BCUT2D eigenvalue weighted by Crippen LogP contribution is 2.27. The minimum Gasteiger partial charge on any atom is -0.458 e. The van der Waals surface area contributed by atoms with Crippen LogP contribution in [0.1, 0.15) is 39.4 Å². The summed E-state index contributed by atoms with van der Waals surface area (Å²) in [6.45, 7) is 2.31. The minimum absolute atomic E-state index is 0.0876. The molecule has 0 saturated carbocycles. The van der Waals surface area contributed by atoms with Crippen molar-refractivity contribution in [2.24, 2.45) is 0 Å². The first-order chi connectivity index (χ1) is 14.9. The molecule has 1 amide bonds. The molecule has 0 bridgehead atoms. The van der Waals surface area contributed by atoms with E-state index >= 15 is 0 Å². The number of nitrogens with zero attached hydrogens (tertiary/aromatic N) is 1. The van der Waals surface area contributed by atoms with Gasteiger partial charge in [0.2, 0.25) is 0 Å². The lowest BCUT2D eigenvalue weighted by molar-refractivity contribution is 0.0711. The van der Waals surface area contributed by atoms with Crippen LogP contribution in [0, 0.1) is 6.92 Å². The summed E-state index contributed by atoms with van der Waals surface area (Å²) < 4.78 is 32.2. The van der Waals surface area contributed by atoms with E-state index in [1.54, 1.807) is 4.90 Å². The third-order valence-corrected chi connectivity index (χ3v) is 5.70. The molecule has 0 N–H and O–H groups in total. The van der Waals surface area contributed by atoms with Crippen molar-refractivity contribution >= 4 is 32.6 Å². The van der Waals surface area contributed by atoms with Gasteiger partial charge in [0.05, 0.1) is 12.1 Å². The number of fused-ring (bicyclic) bond motifs is 1. The monoisotopic (exact) mass is 483 g/mol. The molecule has 0 saturated heterocycles. The minimum atomic E-state index is -2.69. The molecule has 4 aromatic rings. The lowest BCUT2D eigenvalue weighted by Gasteiger charge is -2.24. The van der Waals surface area contributed by atoms with E-state index in [0.717, 1.165) is 26.4 Å². The number of hydrogen-bond acceptors (Lipinski definition) is 2. The van der Waals surface area contributed by atoms with E-state index in [1.807, 2.05) is 67.6 Å². The first kappa shape index (κ1) is 21.2. The fourth-order valence-corrected chi connectivity index (χ4v) is 3.88. The van der Waals surface area contributed by atoms with Crippen molar-refractivity contribution in [2.75, 3.05) is 0 Å². The number of carbonyl (C=O) groups is 1. The van der Waals surface area contributed by atoms with Crippen LogP contribution in [0.3, 0.4) is 0 Å². The number of carbonyl (C=O) groups excluding carboxylic acids is 1. The Morgan fingerprint density at radius 1 is 0.968 bits per heavy atom. The van der Waals surface area contributed by atoms with Gasteiger partial charge in [-0.25, -0.2) is 8.78 Å². The van der Waals surface area contributed by atoms with Gasteiger partial charge in [-0.2, -0.15) is 0 Å². The zero-order valence-corrected chi connectivity index (χ0v) is 18.4. The van der Waals surface area contributed by atoms with E-state index in [0.29, 0.717) is 17.9 Å². The summed E-state index contributed by atoms with van der Waals surface area (Å²) in [5.74, 6) is -0.252. The standard InChI is InChI=1S/C25H20BrF2NO2/c1-16-6-9-18-4-2-3-5-21(18)23(16)25(30)29(14-17-7-10-19(26)11-8-17)15-20-12-13-22(31-20)24(27)28/h2-13,24H,14-15H2,1H3. The summed E-state index contributed by atoms with van der Waals surface area (Å²) in [6.07, 6.45) is -2.69. The number of hydrogen-bond donors (Lipinski definition) is 0. The van der Waals surface area contributed by atoms with Gasteiger partial charge in [-0.1, -0.05) is 64.5 Å². The summed E-state index contributed by atoms with van der Waals surface area (Å²) in [5, 5.41) is 1.83. The van der Waals surface area contributed by atoms with Gasteiger partial charge in [0, 0.05) is 11.0 Å². The number of furan rings is 1. The van der Waals surface area contributed by atoms with Gasteiger partial charge < -0.3 is 9.32 Å². The Hall–Kier alpha value is -2.99. The molecular formula is C25H20BrF2NO2. The van der Waals surface area contributed by atoms with Crippen molar-refractivity contribution in [3.63, 3.8) is 0 Å². The van der Waals surface area contributed by atoms with Gasteiger partial charge in [0.25, 0.3) is 12.3 Å². The molecule has 0 aliphatic carbocycles. The summed E-state index contributed by atoms with van der Waals surface area (Å²) in [5.41, 5.74) is 2.39. The second kappa shape index (κ2) is 9.02. The number of amides is 1. The molecule has 6 heteroatoms. The molecule has 1 heterocycles. The zero-order chi connectivity index (χ0) is 22.0. The molecule has 0 radical (unpaired) electrons. The topological polar surface area (TPSA) is 33.5 Å². The highest BCUT2D eigenvalue weighted by molar-refractivity contribution is 9.10. The number of benzene rings is 3. The van der Waals surface area contributed by atoms with Crippen LogP contribution >= 0.6 is 15.9 Å². The lowest BCUT2D eigenvalue weighted by Crippen LogP contribution is -2.30. The van der Waals surface area contributed by atoms with Crippen molar-refractivity contribution in [3.8, 4) is 0 Å². The van der Waals surface area contributed by atoms with Crippen LogP contribution < -0.4 is 0 Å². The van der Waals surface area contributed by atoms with Crippen molar-refractivity contribution in [1.29, 1.82) is 0 Å². The van der Waals surface area contributed by atoms with Crippen LogP contribution in [-0.4, -0.2) is 10.8 Å². The van der Waals surface area contributed by atoms with Crippen molar-refractivity contribution in [3.05, 3.63) is 105 Å². The van der Waals surface area contributed by atoms with Crippen LogP contribution in [0.25, 0.3) is 10.8 Å². The molecule has 0 aliphatic rings. The van der Waals surface area contributed by atoms with Gasteiger partial charge >= 0.3 is 0 Å². The first-order valence-electron chi connectivity index (χ1n) is 9.81. The Labute approximate surface area is 187 Å². The summed E-state index contributed by atoms with van der Waals surface area (Å²) >= 11 is 3.42. The van der Waals surface area contributed by atoms with Gasteiger partial charge in [-0.05, 0) is 53.1 Å². The molecule has 0 aliphatic heterocycles. The summed E-state index contributed by atoms with van der Waals surface area (Å²) in [4.78, 5) is 15.4. The van der Waals surface area contributed by atoms with Gasteiger partial charge in [-0.15, -0.1) is 0 Å². The van der Waals surface area contributed by atoms with Crippen molar-refractivity contribution < 1.29 is 18.0 Å². The normalized spacial score (nSPS) is 11.3. The largest absolute Gasteiger partial charge is 0.458 e. The molecule has 3 nitrogen and oxygen atoms in total. The number of halogens is 3. The highest BCUT2D eigenvalue weighted by Gasteiger charge is 2.23. The Morgan fingerprint density at radius 3 is 2.42 bits per heavy atom. The first-order valence-corrected chi connectivity index (χ1v) is 10.6. The van der Waals surface area contributed by atoms with Crippen LogP contribution in [0.5, 0.6) is 0 Å². The highest BCUT2D eigenvalue weighted by atomic mass is 79.9. The van der Waals surface area contributed by atoms with E-state index in [4.69, 9.17) is 4.42 Å². The Bertz CT molecular complexity index is 1220. The zero-order valence-electron chi connectivity index (χ0n) is 16.8. The van der Waals surface area contributed by atoms with Crippen LogP contribution in [0.15, 0.2) is 81.7 Å². The Balaban J connectivity index is 1.73. The molecule has 31 heavy (non-hydrogen) atoms. The predicted octanol–water partition coefficient (Wildman–Crippen LogP) is 7.28. The van der Waals surface area contributed by atoms with Crippen LogP contribution in [0.4, 0.5) is 8.78 Å². The molecule has 1 aromatic heterocycles. The van der Waals surface area contributed by atoms with Gasteiger partial charge in [0.15, 0.2) is 5.76 Å². The average Bonchev–Trinajstić information content (AvgIpc) is 3.23. The number of alkyl halides is 2. The maximum absolute atomic E-state index is 13.7. The molecular weight excluding hydrogens is 464 g/mol. The van der Waals surface area contributed by atoms with Gasteiger partial charge in [0.1, 0.15) is 5.76 Å². The van der Waals surface area contributed by atoms with E-state index < -0.39 is 12.2 Å². The third kappa shape index (κ3) is 4.69. The smallest absolute Gasteiger partial charge is 0.295 e. The molecule has 0 unspecified atom stereocenters. The molecule has 0 spiro atoms. The fraction of sp³-hybridized carbons (Fsp3) is 0.160. The van der Waals surface area contributed by atoms with Crippen molar-refractivity contribution in [2.45, 2.75) is 26.4 Å². The Kier molecular flexibility index (Phi) is 6.18. The SMILES string of the molecule is Cc1ccc2ccccc2c1C(=O)N(Cc1ccc(Br)cc1)Cc1ccc(C(F)F)o1. The average molecular weight is 484 g/mol. The second-order valence-electron chi connectivity index (χ2n) is 7.37. The van der Waals surface area contributed by atoms with Crippen molar-refractivity contribution in [1.82, 2.24) is 4.90 Å². The predicted molar refractivity (Wildman–Crippen MR) is 120 cm³/mol. The molecule has 0 atom stereocenters. The third-order valence-electron chi connectivity index (χ3n) is 5.17. The second-order valence-corrected chi connectivity index (χ2v) is 8.29. The lowest BCUT2D eigenvalue weighted by atomic mass is 9.98. The number of aryl methyl sites for hydroxylation is 1. The number of rotatable bonds is 6. The quantitative estimate of drug-likeness (QED) is 0.288. The molecule has 3 aromatic carbocycles. The maximum Gasteiger partial charge on any atom is 0.295 e. The maximum atomic E-state index is 13.7. The van der Waals surface area contributed by atoms with Crippen LogP contribution in [-0.2, 0) is 13.1 Å². The van der Waals surface area contributed by atoms with E-state index in [2.05, 4.69) is 15.9 Å². The van der Waals surface area contributed by atoms with Crippen LogP contribution in [0.2, 0.25) is 0 Å². The van der Waals surface area contributed by atoms with E-state index in [-0.39, 0.29) is 12.5 Å². The fourth-order valence-electron chi connectivity index (χ4n) is 3.62.